The number of amides is 1. The minimum absolute atomic E-state index is 0.155. The molecule has 1 aliphatic heterocycles. The quantitative estimate of drug-likeness (QED) is 0.796. The van der Waals surface area contributed by atoms with E-state index in [9.17, 15) is 4.79 Å². The lowest BCUT2D eigenvalue weighted by Gasteiger charge is -2.19. The third-order valence-electron chi connectivity index (χ3n) is 2.70. The Bertz CT molecular complexity index is 373. The molecule has 0 atom stereocenters. The molecule has 0 bridgehead atoms. The first kappa shape index (κ1) is 11.9. The largest absolute Gasteiger partial charge is 0.337 e. The van der Waals surface area contributed by atoms with Crippen LogP contribution in [0.1, 0.15) is 16.8 Å². The van der Waals surface area contributed by atoms with Gasteiger partial charge in [-0.05, 0) is 53.8 Å². The van der Waals surface area contributed by atoms with E-state index in [1.54, 1.807) is 0 Å². The molecule has 16 heavy (non-hydrogen) atoms. The fourth-order valence-electron chi connectivity index (χ4n) is 1.85. The zero-order valence-electron chi connectivity index (χ0n) is 9.08. The van der Waals surface area contributed by atoms with Gasteiger partial charge in [-0.1, -0.05) is 6.07 Å². The Morgan fingerprint density at radius 2 is 2.19 bits per heavy atom. The molecule has 1 aromatic rings. The van der Waals surface area contributed by atoms with Crippen molar-refractivity contribution < 1.29 is 4.79 Å². The predicted octanol–water partition coefficient (Wildman–Crippen LogP) is 1.73. The van der Waals surface area contributed by atoms with Crippen molar-refractivity contribution in [1.29, 1.82) is 0 Å². The highest BCUT2D eigenvalue weighted by Gasteiger charge is 2.16. The molecule has 1 saturated heterocycles. The van der Waals surface area contributed by atoms with Crippen molar-refractivity contribution in [3.63, 3.8) is 0 Å². The van der Waals surface area contributed by atoms with Crippen LogP contribution in [0, 0.1) is 3.57 Å². The lowest BCUT2D eigenvalue weighted by Crippen LogP contribution is -2.34. The molecule has 0 saturated carbocycles. The minimum Gasteiger partial charge on any atom is -0.337 e. The van der Waals surface area contributed by atoms with Crippen LogP contribution in [0.4, 0.5) is 0 Å². The maximum absolute atomic E-state index is 12.2. The third-order valence-corrected chi connectivity index (χ3v) is 3.37. The van der Waals surface area contributed by atoms with E-state index in [2.05, 4.69) is 27.9 Å². The van der Waals surface area contributed by atoms with Gasteiger partial charge in [0.1, 0.15) is 0 Å². The Morgan fingerprint density at radius 3 is 3.00 bits per heavy atom. The van der Waals surface area contributed by atoms with Crippen molar-refractivity contribution in [1.82, 2.24) is 10.2 Å². The molecule has 2 rings (SSSR count). The second-order valence-corrected chi connectivity index (χ2v) is 5.15. The number of nitrogens with zero attached hydrogens (tertiary/aromatic N) is 1. The van der Waals surface area contributed by atoms with E-state index in [0.29, 0.717) is 0 Å². The number of hydrogen-bond acceptors (Lipinski definition) is 2. The third kappa shape index (κ3) is 2.95. The van der Waals surface area contributed by atoms with Gasteiger partial charge in [-0.25, -0.2) is 0 Å². The Balaban J connectivity index is 2.11. The summed E-state index contributed by atoms with van der Waals surface area (Å²) in [6.07, 6.45) is 1.04. The number of halogens is 1. The summed E-state index contributed by atoms with van der Waals surface area (Å²) < 4.78 is 1.11. The molecule has 1 N–H and O–H groups in total. The summed E-state index contributed by atoms with van der Waals surface area (Å²) in [5.74, 6) is 0.155. The molecular formula is C12H15IN2O. The number of nitrogens with one attached hydrogen (secondary N) is 1. The van der Waals surface area contributed by atoms with E-state index < -0.39 is 0 Å². The van der Waals surface area contributed by atoms with Crippen LogP contribution in [0.15, 0.2) is 24.3 Å². The highest BCUT2D eigenvalue weighted by molar-refractivity contribution is 14.1. The Morgan fingerprint density at radius 1 is 1.31 bits per heavy atom. The Hall–Kier alpha value is -0.620. The highest BCUT2D eigenvalue weighted by atomic mass is 127. The van der Waals surface area contributed by atoms with Gasteiger partial charge in [0.15, 0.2) is 0 Å². The topological polar surface area (TPSA) is 32.3 Å². The SMILES string of the molecule is O=C(c1cccc(I)c1)N1CCCNCC1. The molecule has 0 aromatic heterocycles. The summed E-state index contributed by atoms with van der Waals surface area (Å²) in [4.78, 5) is 14.1. The van der Waals surface area contributed by atoms with Gasteiger partial charge in [0, 0.05) is 28.8 Å². The summed E-state index contributed by atoms with van der Waals surface area (Å²) >= 11 is 2.23. The van der Waals surface area contributed by atoms with E-state index in [0.717, 1.165) is 41.7 Å². The number of hydrogen-bond donors (Lipinski definition) is 1. The summed E-state index contributed by atoms with van der Waals surface area (Å²) in [7, 11) is 0. The first-order valence-electron chi connectivity index (χ1n) is 5.53. The van der Waals surface area contributed by atoms with Crippen LogP contribution in [0.3, 0.4) is 0 Å². The molecule has 1 fully saturated rings. The van der Waals surface area contributed by atoms with Crippen LogP contribution < -0.4 is 5.32 Å². The number of rotatable bonds is 1. The second kappa shape index (κ2) is 5.63. The smallest absolute Gasteiger partial charge is 0.253 e. The number of carbonyl (C=O) groups excluding carboxylic acids is 1. The fourth-order valence-corrected chi connectivity index (χ4v) is 2.40. The molecule has 0 spiro atoms. The van der Waals surface area contributed by atoms with Crippen LogP contribution in [-0.4, -0.2) is 37.0 Å². The van der Waals surface area contributed by atoms with E-state index in [1.807, 2.05) is 29.2 Å². The lowest BCUT2D eigenvalue weighted by molar-refractivity contribution is 0.0766. The number of benzene rings is 1. The first-order valence-corrected chi connectivity index (χ1v) is 6.61. The van der Waals surface area contributed by atoms with Gasteiger partial charge in [0.05, 0.1) is 0 Å². The van der Waals surface area contributed by atoms with Crippen LogP contribution >= 0.6 is 22.6 Å². The van der Waals surface area contributed by atoms with Crippen molar-refractivity contribution in [3.05, 3.63) is 33.4 Å². The van der Waals surface area contributed by atoms with Gasteiger partial charge in [-0.15, -0.1) is 0 Å². The van der Waals surface area contributed by atoms with Crippen LogP contribution in [-0.2, 0) is 0 Å². The monoisotopic (exact) mass is 330 g/mol. The maximum atomic E-state index is 12.2. The molecule has 1 amide bonds. The Kier molecular flexibility index (Phi) is 4.17. The maximum Gasteiger partial charge on any atom is 0.253 e. The zero-order valence-corrected chi connectivity index (χ0v) is 11.2. The normalized spacial score (nSPS) is 16.9. The number of carbonyl (C=O) groups is 1. The van der Waals surface area contributed by atoms with Gasteiger partial charge >= 0.3 is 0 Å². The van der Waals surface area contributed by atoms with Crippen molar-refractivity contribution >= 4 is 28.5 Å². The van der Waals surface area contributed by atoms with E-state index in [1.165, 1.54) is 0 Å². The molecule has 0 aliphatic carbocycles. The van der Waals surface area contributed by atoms with Crippen LogP contribution in [0.2, 0.25) is 0 Å². The molecule has 1 heterocycles. The molecule has 0 unspecified atom stereocenters. The first-order chi connectivity index (χ1) is 7.77. The van der Waals surface area contributed by atoms with Crippen molar-refractivity contribution in [2.75, 3.05) is 26.2 Å². The van der Waals surface area contributed by atoms with Crippen LogP contribution in [0.5, 0.6) is 0 Å². The summed E-state index contributed by atoms with van der Waals surface area (Å²) in [5, 5.41) is 3.30. The van der Waals surface area contributed by atoms with Crippen molar-refractivity contribution in [3.8, 4) is 0 Å². The molecular weight excluding hydrogens is 315 g/mol. The average molecular weight is 330 g/mol. The second-order valence-electron chi connectivity index (χ2n) is 3.91. The minimum atomic E-state index is 0.155. The van der Waals surface area contributed by atoms with E-state index in [-0.39, 0.29) is 5.91 Å². The van der Waals surface area contributed by atoms with Gasteiger partial charge in [0.2, 0.25) is 0 Å². The van der Waals surface area contributed by atoms with Gasteiger partial charge < -0.3 is 10.2 Å². The van der Waals surface area contributed by atoms with Crippen molar-refractivity contribution in [2.45, 2.75) is 6.42 Å². The molecule has 1 aliphatic rings. The molecule has 86 valence electrons. The average Bonchev–Trinajstić information content (AvgIpc) is 2.56. The summed E-state index contributed by atoms with van der Waals surface area (Å²) in [6.45, 7) is 3.58. The summed E-state index contributed by atoms with van der Waals surface area (Å²) in [5.41, 5.74) is 0.800. The standard InChI is InChI=1S/C12H15IN2O/c13-11-4-1-3-10(9-11)12(16)15-7-2-5-14-6-8-15/h1,3-4,9,14H,2,5-8H2. The fraction of sp³-hybridized carbons (Fsp3) is 0.417. The Labute approximate surface area is 109 Å². The molecule has 1 aromatic carbocycles. The van der Waals surface area contributed by atoms with Gasteiger partial charge in [-0.3, -0.25) is 4.79 Å². The van der Waals surface area contributed by atoms with Gasteiger partial charge in [0.25, 0.3) is 5.91 Å². The van der Waals surface area contributed by atoms with E-state index >= 15 is 0 Å². The predicted molar refractivity (Wildman–Crippen MR) is 72.5 cm³/mol. The van der Waals surface area contributed by atoms with Crippen LogP contribution in [0.25, 0.3) is 0 Å². The zero-order chi connectivity index (χ0) is 11.4. The van der Waals surface area contributed by atoms with Crippen molar-refractivity contribution in [2.24, 2.45) is 0 Å². The molecule has 3 nitrogen and oxygen atoms in total. The molecule has 4 heteroatoms. The highest BCUT2D eigenvalue weighted by Crippen LogP contribution is 2.11. The van der Waals surface area contributed by atoms with Gasteiger partial charge in [-0.2, -0.15) is 0 Å². The molecule has 0 radical (unpaired) electrons. The van der Waals surface area contributed by atoms with E-state index in [4.69, 9.17) is 0 Å². The lowest BCUT2D eigenvalue weighted by atomic mass is 10.2. The summed E-state index contributed by atoms with van der Waals surface area (Å²) in [6, 6.07) is 7.77.